The third kappa shape index (κ3) is 4.63. The molecule has 0 aliphatic heterocycles. The Hall–Kier alpha value is -3.74. The molecule has 2 unspecified atom stereocenters. The molecule has 2 fully saturated rings. The van der Waals surface area contributed by atoms with Crippen molar-refractivity contribution in [2.45, 2.75) is 38.9 Å². The summed E-state index contributed by atoms with van der Waals surface area (Å²) in [7, 11) is 0. The van der Waals surface area contributed by atoms with Gasteiger partial charge in [-0.2, -0.15) is 18.4 Å². The predicted molar refractivity (Wildman–Crippen MR) is 118 cm³/mol. The largest absolute Gasteiger partial charge is 0.419 e. The number of nitrogens with zero attached hydrogens (tertiary/aromatic N) is 2. The van der Waals surface area contributed by atoms with Gasteiger partial charge in [0, 0.05) is 23.8 Å². The molecule has 2 N–H and O–H groups in total. The van der Waals surface area contributed by atoms with Gasteiger partial charge in [0.25, 0.3) is 5.91 Å². The molecule has 0 radical (unpaired) electrons. The van der Waals surface area contributed by atoms with E-state index < -0.39 is 41.3 Å². The second-order valence-corrected chi connectivity index (χ2v) is 8.99. The van der Waals surface area contributed by atoms with Crippen molar-refractivity contribution in [2.75, 3.05) is 5.32 Å². The van der Waals surface area contributed by atoms with Crippen LogP contribution in [-0.2, 0) is 11.0 Å². The van der Waals surface area contributed by atoms with Gasteiger partial charge in [-0.15, -0.1) is 0 Å². The number of carbonyl (C=O) groups is 2. The lowest BCUT2D eigenvalue weighted by atomic mass is 9.83. The van der Waals surface area contributed by atoms with E-state index in [2.05, 4.69) is 15.6 Å². The van der Waals surface area contributed by atoms with Gasteiger partial charge < -0.3 is 10.6 Å². The van der Waals surface area contributed by atoms with E-state index in [0.29, 0.717) is 18.6 Å². The van der Waals surface area contributed by atoms with Gasteiger partial charge in [0.2, 0.25) is 5.91 Å². The molecule has 2 bridgehead atoms. The van der Waals surface area contributed by atoms with Crippen molar-refractivity contribution in [3.05, 3.63) is 70.3 Å². The summed E-state index contributed by atoms with van der Waals surface area (Å²) in [5.74, 6) is -3.56. The monoisotopic (exact) mass is 486 g/mol. The van der Waals surface area contributed by atoms with Gasteiger partial charge in [0.15, 0.2) is 0 Å². The summed E-state index contributed by atoms with van der Waals surface area (Å²) in [6.45, 7) is 3.85. The van der Waals surface area contributed by atoms with Gasteiger partial charge in [-0.3, -0.25) is 14.6 Å². The van der Waals surface area contributed by atoms with Gasteiger partial charge in [-0.25, -0.2) is 4.39 Å². The van der Waals surface area contributed by atoms with E-state index in [1.54, 1.807) is 0 Å². The molecule has 1 heterocycles. The van der Waals surface area contributed by atoms with E-state index in [1.807, 2.05) is 19.9 Å². The normalized spacial score (nSPS) is 23.1. The van der Waals surface area contributed by atoms with E-state index in [4.69, 9.17) is 5.26 Å². The molecule has 1 aromatic carbocycles. The molecule has 6 nitrogen and oxygen atoms in total. The highest BCUT2D eigenvalue weighted by molar-refractivity contribution is 5.96. The van der Waals surface area contributed by atoms with Gasteiger partial charge in [-0.1, -0.05) is 11.1 Å². The Morgan fingerprint density at radius 1 is 1.11 bits per heavy atom. The summed E-state index contributed by atoms with van der Waals surface area (Å²) < 4.78 is 53.0. The molecule has 10 heteroatoms. The third-order valence-corrected chi connectivity index (χ3v) is 6.68. The maximum absolute atomic E-state index is 13.7. The number of anilines is 1. The maximum Gasteiger partial charge on any atom is 0.419 e. The van der Waals surface area contributed by atoms with E-state index in [9.17, 15) is 27.2 Å². The van der Waals surface area contributed by atoms with Crippen LogP contribution in [0.15, 0.2) is 47.7 Å². The zero-order valence-electron chi connectivity index (χ0n) is 18.9. The first-order valence-corrected chi connectivity index (χ1v) is 11.0. The van der Waals surface area contributed by atoms with E-state index >= 15 is 0 Å². The summed E-state index contributed by atoms with van der Waals surface area (Å²) in [5, 5.41) is 14.5. The van der Waals surface area contributed by atoms with Crippen molar-refractivity contribution >= 4 is 17.5 Å². The number of hydrogen-bond donors (Lipinski definition) is 2. The highest BCUT2D eigenvalue weighted by Crippen LogP contribution is 2.54. The van der Waals surface area contributed by atoms with Crippen LogP contribution in [-0.4, -0.2) is 22.8 Å². The molecule has 0 spiro atoms. The van der Waals surface area contributed by atoms with Crippen LogP contribution in [0.3, 0.4) is 0 Å². The molecule has 4 atom stereocenters. The molecule has 2 aromatic rings. The number of fused-ring (bicyclic) bond motifs is 2. The van der Waals surface area contributed by atoms with Crippen LogP contribution in [0.25, 0.3) is 0 Å². The fraction of sp³-hybridized carbons (Fsp3) is 0.360. The minimum absolute atomic E-state index is 0.0260. The van der Waals surface area contributed by atoms with Crippen molar-refractivity contribution in [2.24, 2.45) is 17.8 Å². The van der Waals surface area contributed by atoms with Crippen molar-refractivity contribution in [3.63, 3.8) is 0 Å². The van der Waals surface area contributed by atoms with Crippen molar-refractivity contribution in [3.8, 4) is 6.07 Å². The van der Waals surface area contributed by atoms with Crippen LogP contribution in [0, 0.1) is 34.9 Å². The minimum Gasteiger partial charge on any atom is -0.347 e. The lowest BCUT2D eigenvalue weighted by molar-refractivity contribution is -0.140. The molecule has 2 saturated carbocycles. The van der Waals surface area contributed by atoms with Crippen LogP contribution < -0.4 is 10.6 Å². The summed E-state index contributed by atoms with van der Waals surface area (Å²) >= 11 is 0. The number of benzene rings is 1. The summed E-state index contributed by atoms with van der Waals surface area (Å²) in [6, 6.07) is 6.43. The molecule has 1 aromatic heterocycles. The summed E-state index contributed by atoms with van der Waals surface area (Å²) in [5.41, 5.74) is 0.717. The number of nitrogens with one attached hydrogen (secondary N) is 2. The molecular weight excluding hydrogens is 464 g/mol. The Labute approximate surface area is 199 Å². The van der Waals surface area contributed by atoms with E-state index in [0.717, 1.165) is 23.6 Å². The molecule has 2 aliphatic rings. The summed E-state index contributed by atoms with van der Waals surface area (Å²) in [4.78, 5) is 30.3. The number of halogens is 4. The average molecular weight is 486 g/mol. The Kier molecular flexibility index (Phi) is 6.36. The first kappa shape index (κ1) is 24.4. The lowest BCUT2D eigenvalue weighted by Gasteiger charge is -2.30. The van der Waals surface area contributed by atoms with Crippen LogP contribution in [0.2, 0.25) is 0 Å². The molecule has 2 aliphatic carbocycles. The van der Waals surface area contributed by atoms with Gasteiger partial charge in [0.05, 0.1) is 23.1 Å². The second kappa shape index (κ2) is 9.13. The fourth-order valence-electron chi connectivity index (χ4n) is 5.36. The van der Waals surface area contributed by atoms with Crippen LogP contribution in [0.5, 0.6) is 0 Å². The number of amides is 2. The minimum atomic E-state index is -4.91. The average Bonchev–Trinajstić information content (AvgIpc) is 3.36. The topological polar surface area (TPSA) is 94.9 Å². The third-order valence-electron chi connectivity index (χ3n) is 6.68. The van der Waals surface area contributed by atoms with E-state index in [1.165, 1.54) is 18.3 Å². The number of nitriles is 1. The van der Waals surface area contributed by atoms with Gasteiger partial charge >= 0.3 is 6.18 Å². The Balaban J connectivity index is 1.63. The number of alkyl halides is 3. The standard InChI is InChI=1S/C25H22F4N4O2/c1-12(2)20-15-4-5-16(20)22(33-23(34)19-9-13(11-30)7-8-31-19)21(15)24(35)32-14-3-6-18(26)17(10-14)25(27,28)29/h3,6-10,15-16,21-22H,4-5H2,1-2H3,(H,32,35)(H,33,34)/t15?,16?,21-,22+/m0/s1. The molecule has 0 saturated heterocycles. The van der Waals surface area contributed by atoms with Gasteiger partial charge in [-0.05, 0) is 62.9 Å². The SMILES string of the molecule is CC(C)=C1C2CCC1[C@H](C(=O)Nc1ccc(F)c(C(F)(F)F)c1)[C@@H]2NC(=O)c1cc(C#N)ccn1. The lowest BCUT2D eigenvalue weighted by Crippen LogP contribution is -2.48. The Morgan fingerprint density at radius 2 is 1.83 bits per heavy atom. The molecule has 182 valence electrons. The number of rotatable bonds is 4. The van der Waals surface area contributed by atoms with Gasteiger partial charge in [0.1, 0.15) is 11.5 Å². The highest BCUT2D eigenvalue weighted by Gasteiger charge is 2.55. The quantitative estimate of drug-likeness (QED) is 0.478. The van der Waals surface area contributed by atoms with Crippen LogP contribution in [0.4, 0.5) is 23.2 Å². The number of aromatic nitrogens is 1. The number of pyridine rings is 1. The molecule has 2 amide bonds. The number of carbonyl (C=O) groups excluding carboxylic acids is 2. The maximum atomic E-state index is 13.7. The Morgan fingerprint density at radius 3 is 2.49 bits per heavy atom. The van der Waals surface area contributed by atoms with Crippen molar-refractivity contribution in [1.29, 1.82) is 5.26 Å². The zero-order valence-corrected chi connectivity index (χ0v) is 18.9. The predicted octanol–water partition coefficient (Wildman–Crippen LogP) is 4.84. The smallest absolute Gasteiger partial charge is 0.347 e. The Bertz CT molecular complexity index is 1260. The molecular formula is C25H22F4N4O2. The van der Waals surface area contributed by atoms with Crippen LogP contribution in [0.1, 0.15) is 48.3 Å². The first-order valence-electron chi connectivity index (χ1n) is 11.0. The highest BCUT2D eigenvalue weighted by atomic mass is 19.4. The zero-order chi connectivity index (χ0) is 25.5. The molecule has 4 rings (SSSR count). The summed E-state index contributed by atoms with van der Waals surface area (Å²) in [6.07, 6.45) is -2.12. The number of allylic oxidation sites excluding steroid dienone is 1. The van der Waals surface area contributed by atoms with Crippen molar-refractivity contribution in [1.82, 2.24) is 10.3 Å². The second-order valence-electron chi connectivity index (χ2n) is 8.99. The van der Waals surface area contributed by atoms with Crippen molar-refractivity contribution < 1.29 is 27.2 Å². The van der Waals surface area contributed by atoms with Crippen LogP contribution >= 0.6 is 0 Å². The van der Waals surface area contributed by atoms with E-state index in [-0.39, 0.29) is 28.8 Å². The fourth-order valence-corrected chi connectivity index (χ4v) is 5.36. The first-order chi connectivity index (χ1) is 16.5. The molecule has 35 heavy (non-hydrogen) atoms. The number of hydrogen-bond acceptors (Lipinski definition) is 4.